The minimum absolute atomic E-state index is 0.0365. The maximum absolute atomic E-state index is 12.8. The summed E-state index contributed by atoms with van der Waals surface area (Å²) < 4.78 is 33.9. The third-order valence-corrected chi connectivity index (χ3v) is 6.81. The van der Waals surface area contributed by atoms with E-state index in [4.69, 9.17) is 16.3 Å². The number of anilines is 1. The fourth-order valence-electron chi connectivity index (χ4n) is 3.66. The van der Waals surface area contributed by atoms with Gasteiger partial charge in [-0.15, -0.1) is 0 Å². The average Bonchev–Trinajstić information content (AvgIpc) is 2.71. The lowest BCUT2D eigenvalue weighted by molar-refractivity contribution is -0.0295. The number of hydrogen-bond acceptors (Lipinski definition) is 5. The van der Waals surface area contributed by atoms with Gasteiger partial charge in [0.2, 0.25) is 0 Å². The van der Waals surface area contributed by atoms with Gasteiger partial charge in [-0.05, 0) is 48.7 Å². The number of ether oxygens (including phenoxy) is 1. The van der Waals surface area contributed by atoms with Crippen LogP contribution in [0.1, 0.15) is 29.8 Å². The van der Waals surface area contributed by atoms with E-state index in [1.54, 1.807) is 18.2 Å². The second-order valence-corrected chi connectivity index (χ2v) is 10.6. The van der Waals surface area contributed by atoms with Crippen LogP contribution < -0.4 is 10.0 Å². The third kappa shape index (κ3) is 6.68. The van der Waals surface area contributed by atoms with Crippen molar-refractivity contribution in [3.8, 4) is 0 Å². The van der Waals surface area contributed by atoms with Crippen LogP contribution in [0.4, 0.5) is 5.69 Å². The summed E-state index contributed by atoms with van der Waals surface area (Å²) in [4.78, 5) is 15.1. The number of rotatable bonds is 8. The summed E-state index contributed by atoms with van der Waals surface area (Å²) >= 11 is 6.21. The first-order chi connectivity index (χ1) is 15.1. The molecule has 174 valence electrons. The minimum Gasteiger partial charge on any atom is -0.374 e. The highest BCUT2D eigenvalue weighted by Gasteiger charge is 2.23. The van der Waals surface area contributed by atoms with E-state index in [2.05, 4.69) is 28.8 Å². The van der Waals surface area contributed by atoms with E-state index in [9.17, 15) is 13.2 Å². The number of sulfonamides is 1. The lowest BCUT2D eigenvalue weighted by Gasteiger charge is -2.34. The van der Waals surface area contributed by atoms with Gasteiger partial charge in [-0.1, -0.05) is 37.6 Å². The molecule has 7 nitrogen and oxygen atoms in total. The number of benzene rings is 2. The van der Waals surface area contributed by atoms with E-state index < -0.39 is 15.9 Å². The summed E-state index contributed by atoms with van der Waals surface area (Å²) in [7, 11) is -3.88. The lowest BCUT2D eigenvalue weighted by atomic mass is 10.1. The number of carbonyl (C=O) groups excluding carboxylic acids is 1. The Kier molecular flexibility index (Phi) is 8.16. The largest absolute Gasteiger partial charge is 0.374 e. The zero-order valence-electron chi connectivity index (χ0n) is 18.6. The number of halogens is 1. The molecule has 0 radical (unpaired) electrons. The first-order valence-corrected chi connectivity index (χ1v) is 12.5. The average molecular weight is 480 g/mol. The van der Waals surface area contributed by atoms with E-state index in [0.29, 0.717) is 24.8 Å². The van der Waals surface area contributed by atoms with Gasteiger partial charge < -0.3 is 10.1 Å². The summed E-state index contributed by atoms with van der Waals surface area (Å²) in [6.07, 6.45) is -0.125. The fraction of sp³-hybridized carbons (Fsp3) is 0.435. The zero-order valence-corrected chi connectivity index (χ0v) is 20.2. The van der Waals surface area contributed by atoms with Crippen LogP contribution in [-0.2, 0) is 14.8 Å². The van der Waals surface area contributed by atoms with E-state index in [-0.39, 0.29) is 21.6 Å². The molecular formula is C23H30ClN3O4S. The molecule has 0 bridgehead atoms. The van der Waals surface area contributed by atoms with Gasteiger partial charge in [-0.3, -0.25) is 14.4 Å². The standard InChI is InChI=1S/C23H30ClN3O4S/c1-16(2)14-27-9-10-31-19(15-27)13-25-23(28)21-12-20(7-8-22(21)24)32(29,30)26-18-6-4-5-17(3)11-18/h4-8,11-12,16,19,26H,9-10,13-15H2,1-3H3,(H,25,28). The van der Waals surface area contributed by atoms with Crippen molar-refractivity contribution in [2.75, 3.05) is 37.5 Å². The van der Waals surface area contributed by atoms with Gasteiger partial charge in [0.15, 0.2) is 0 Å². The van der Waals surface area contributed by atoms with E-state index in [1.807, 2.05) is 13.0 Å². The molecule has 0 spiro atoms. The second-order valence-electron chi connectivity index (χ2n) is 8.47. The van der Waals surface area contributed by atoms with E-state index >= 15 is 0 Å². The Morgan fingerprint density at radius 2 is 2.03 bits per heavy atom. The van der Waals surface area contributed by atoms with Gasteiger partial charge in [0, 0.05) is 31.9 Å². The van der Waals surface area contributed by atoms with Crippen molar-refractivity contribution in [1.29, 1.82) is 0 Å². The maximum atomic E-state index is 12.8. The lowest BCUT2D eigenvalue weighted by Crippen LogP contribution is -2.48. The molecule has 2 aromatic carbocycles. The topological polar surface area (TPSA) is 87.7 Å². The van der Waals surface area contributed by atoms with Gasteiger partial charge in [0.25, 0.3) is 15.9 Å². The zero-order chi connectivity index (χ0) is 23.3. The molecule has 3 rings (SSSR count). The quantitative estimate of drug-likeness (QED) is 0.604. The summed E-state index contributed by atoms with van der Waals surface area (Å²) in [5, 5.41) is 3.01. The first kappa shape index (κ1) is 24.5. The monoisotopic (exact) mass is 479 g/mol. The van der Waals surface area contributed by atoms with Crippen molar-refractivity contribution >= 4 is 33.2 Å². The Bertz CT molecular complexity index is 1060. The van der Waals surface area contributed by atoms with Gasteiger partial charge in [-0.2, -0.15) is 0 Å². The molecule has 1 aliphatic rings. The van der Waals surface area contributed by atoms with Crippen molar-refractivity contribution in [2.45, 2.75) is 31.8 Å². The van der Waals surface area contributed by atoms with Crippen LogP contribution >= 0.6 is 11.6 Å². The van der Waals surface area contributed by atoms with Gasteiger partial charge in [0.1, 0.15) is 0 Å². The Morgan fingerprint density at radius 1 is 1.25 bits per heavy atom. The molecule has 2 N–H and O–H groups in total. The molecule has 1 aliphatic heterocycles. The van der Waals surface area contributed by atoms with Crippen LogP contribution in [0.15, 0.2) is 47.4 Å². The predicted octanol–water partition coefficient (Wildman–Crippen LogP) is 3.54. The number of morpholine rings is 1. The van der Waals surface area contributed by atoms with Crippen LogP contribution in [0.3, 0.4) is 0 Å². The van der Waals surface area contributed by atoms with Crippen LogP contribution in [-0.4, -0.2) is 58.1 Å². The summed E-state index contributed by atoms with van der Waals surface area (Å²) in [6.45, 7) is 9.75. The maximum Gasteiger partial charge on any atom is 0.261 e. The molecule has 1 amide bonds. The summed E-state index contributed by atoms with van der Waals surface area (Å²) in [5.41, 5.74) is 1.48. The second kappa shape index (κ2) is 10.7. The van der Waals surface area contributed by atoms with Gasteiger partial charge in [-0.25, -0.2) is 8.42 Å². The molecular weight excluding hydrogens is 450 g/mol. The molecule has 1 fully saturated rings. The van der Waals surface area contributed by atoms with Crippen molar-refractivity contribution < 1.29 is 17.9 Å². The van der Waals surface area contributed by atoms with Crippen LogP contribution in [0.25, 0.3) is 0 Å². The molecule has 9 heteroatoms. The van der Waals surface area contributed by atoms with Crippen LogP contribution in [0, 0.1) is 12.8 Å². The molecule has 1 saturated heterocycles. The molecule has 2 aromatic rings. The van der Waals surface area contributed by atoms with E-state index in [0.717, 1.165) is 25.2 Å². The smallest absolute Gasteiger partial charge is 0.261 e. The molecule has 0 saturated carbocycles. The molecule has 0 aliphatic carbocycles. The summed E-state index contributed by atoms with van der Waals surface area (Å²) in [5.74, 6) is 0.118. The molecule has 32 heavy (non-hydrogen) atoms. The normalized spacial score (nSPS) is 17.3. The Morgan fingerprint density at radius 3 is 2.75 bits per heavy atom. The highest BCUT2D eigenvalue weighted by molar-refractivity contribution is 7.92. The molecule has 1 atom stereocenters. The highest BCUT2D eigenvalue weighted by Crippen LogP contribution is 2.23. The molecule has 0 aromatic heterocycles. The molecule has 1 unspecified atom stereocenters. The number of carbonyl (C=O) groups is 1. The number of aryl methyl sites for hydroxylation is 1. The van der Waals surface area contributed by atoms with Crippen molar-refractivity contribution in [3.63, 3.8) is 0 Å². The number of hydrogen-bond donors (Lipinski definition) is 2. The first-order valence-electron chi connectivity index (χ1n) is 10.7. The Hall–Kier alpha value is -2.13. The Balaban J connectivity index is 1.67. The van der Waals surface area contributed by atoms with E-state index in [1.165, 1.54) is 18.2 Å². The summed E-state index contributed by atoms with van der Waals surface area (Å²) in [6, 6.07) is 11.1. The van der Waals surface area contributed by atoms with Crippen molar-refractivity contribution in [1.82, 2.24) is 10.2 Å². The van der Waals surface area contributed by atoms with Gasteiger partial charge in [0.05, 0.1) is 28.2 Å². The predicted molar refractivity (Wildman–Crippen MR) is 127 cm³/mol. The number of amides is 1. The third-order valence-electron chi connectivity index (χ3n) is 5.10. The van der Waals surface area contributed by atoms with Crippen molar-refractivity contribution in [2.24, 2.45) is 5.92 Å². The minimum atomic E-state index is -3.88. The van der Waals surface area contributed by atoms with Crippen LogP contribution in [0.2, 0.25) is 5.02 Å². The number of nitrogens with one attached hydrogen (secondary N) is 2. The van der Waals surface area contributed by atoms with Crippen LogP contribution in [0.5, 0.6) is 0 Å². The fourth-order valence-corrected chi connectivity index (χ4v) is 4.93. The van der Waals surface area contributed by atoms with Crippen molar-refractivity contribution in [3.05, 3.63) is 58.6 Å². The Labute approximate surface area is 195 Å². The SMILES string of the molecule is Cc1cccc(NS(=O)(=O)c2ccc(Cl)c(C(=O)NCC3CN(CC(C)C)CCO3)c2)c1. The molecule has 1 heterocycles. The van der Waals surface area contributed by atoms with Gasteiger partial charge >= 0.3 is 0 Å². The highest BCUT2D eigenvalue weighted by atomic mass is 35.5. The number of nitrogens with zero attached hydrogens (tertiary/aromatic N) is 1.